The van der Waals surface area contributed by atoms with Crippen LogP contribution in [0.4, 0.5) is 0 Å². The second-order valence-electron chi connectivity index (χ2n) is 2.17. The minimum atomic E-state index is 0. The molecular weight excluding hydrogens is 231 g/mol. The van der Waals surface area contributed by atoms with Crippen LogP contribution in [0, 0.1) is 0 Å². The van der Waals surface area contributed by atoms with E-state index >= 15 is 0 Å². The zero-order valence-electron chi connectivity index (χ0n) is 7.14. The van der Waals surface area contributed by atoms with Gasteiger partial charge in [0.15, 0.2) is 6.39 Å². The number of nitrogens with two attached hydrogens (primary N) is 1. The van der Waals surface area contributed by atoms with Gasteiger partial charge >= 0.3 is 0 Å². The summed E-state index contributed by atoms with van der Waals surface area (Å²) in [5.74, 6) is 2.03. The highest BCUT2D eigenvalue weighted by Crippen LogP contribution is 2.10. The third-order valence-electron chi connectivity index (χ3n) is 1.23. The molecular formula is C7H14Cl2N2OS. The number of thioether (sulfide) groups is 1. The predicted octanol–water partition coefficient (Wildman–Crippen LogP) is 2.10. The van der Waals surface area contributed by atoms with Gasteiger partial charge in [-0.1, -0.05) is 0 Å². The summed E-state index contributed by atoms with van der Waals surface area (Å²) < 4.78 is 4.82. The topological polar surface area (TPSA) is 52.0 Å². The van der Waals surface area contributed by atoms with Gasteiger partial charge in [-0.25, -0.2) is 4.98 Å². The first-order chi connectivity index (χ1) is 5.43. The third-order valence-corrected chi connectivity index (χ3v) is 2.30. The van der Waals surface area contributed by atoms with E-state index in [-0.39, 0.29) is 24.8 Å². The van der Waals surface area contributed by atoms with Gasteiger partial charge in [-0.05, 0) is 18.7 Å². The fourth-order valence-electron chi connectivity index (χ4n) is 0.671. The lowest BCUT2D eigenvalue weighted by Gasteiger charge is -1.95. The number of halogens is 2. The zero-order valence-corrected chi connectivity index (χ0v) is 9.59. The van der Waals surface area contributed by atoms with Gasteiger partial charge in [-0.3, -0.25) is 0 Å². The molecule has 13 heavy (non-hydrogen) atoms. The molecule has 0 atom stereocenters. The lowest BCUT2D eigenvalue weighted by Crippen LogP contribution is -1.99. The minimum Gasteiger partial charge on any atom is -0.451 e. The maximum Gasteiger partial charge on any atom is 0.180 e. The number of hydrogen-bond donors (Lipinski definition) is 1. The van der Waals surface area contributed by atoms with Crippen molar-refractivity contribution in [3.8, 4) is 0 Å². The molecule has 1 aromatic heterocycles. The number of oxazole rings is 1. The second kappa shape index (κ2) is 10.2. The molecule has 0 aliphatic heterocycles. The van der Waals surface area contributed by atoms with Crippen molar-refractivity contribution in [2.75, 3.05) is 12.3 Å². The summed E-state index contributed by atoms with van der Waals surface area (Å²) in [6.45, 7) is 0.770. The molecule has 0 fully saturated rings. The Bertz CT molecular complexity index is 185. The summed E-state index contributed by atoms with van der Waals surface area (Å²) >= 11 is 1.83. The molecule has 0 saturated heterocycles. The zero-order chi connectivity index (χ0) is 7.94. The summed E-state index contributed by atoms with van der Waals surface area (Å²) in [6.07, 6.45) is 4.21. The maximum absolute atomic E-state index is 5.34. The van der Waals surface area contributed by atoms with E-state index < -0.39 is 0 Å². The van der Waals surface area contributed by atoms with Crippen LogP contribution in [-0.2, 0) is 5.75 Å². The molecule has 1 aromatic rings. The van der Waals surface area contributed by atoms with Gasteiger partial charge in [0, 0.05) is 5.75 Å². The maximum atomic E-state index is 5.34. The summed E-state index contributed by atoms with van der Waals surface area (Å²) in [6, 6.07) is 0. The van der Waals surface area contributed by atoms with E-state index in [0.29, 0.717) is 0 Å². The van der Waals surface area contributed by atoms with Crippen molar-refractivity contribution in [2.45, 2.75) is 12.2 Å². The predicted molar refractivity (Wildman–Crippen MR) is 60.8 cm³/mol. The van der Waals surface area contributed by atoms with Crippen LogP contribution in [0.15, 0.2) is 17.1 Å². The lowest BCUT2D eigenvalue weighted by molar-refractivity contribution is 0.557. The number of aromatic nitrogens is 1. The van der Waals surface area contributed by atoms with Crippen molar-refractivity contribution in [3.63, 3.8) is 0 Å². The SMILES string of the molecule is Cl.Cl.NCCCSCc1cocn1. The first kappa shape index (κ1) is 15.6. The minimum absolute atomic E-state index is 0. The molecule has 0 aliphatic rings. The van der Waals surface area contributed by atoms with Crippen molar-refractivity contribution in [1.29, 1.82) is 0 Å². The van der Waals surface area contributed by atoms with Crippen molar-refractivity contribution in [3.05, 3.63) is 18.4 Å². The Kier molecular flexibility index (Phi) is 12.2. The van der Waals surface area contributed by atoms with E-state index in [1.54, 1.807) is 6.26 Å². The van der Waals surface area contributed by atoms with Crippen LogP contribution in [0.1, 0.15) is 12.1 Å². The van der Waals surface area contributed by atoms with Gasteiger partial charge in [0.25, 0.3) is 0 Å². The Hall–Kier alpha value is 0.1000. The molecule has 1 heterocycles. The Labute approximate surface area is 94.7 Å². The van der Waals surface area contributed by atoms with Crippen molar-refractivity contribution in [1.82, 2.24) is 4.98 Å². The molecule has 78 valence electrons. The highest BCUT2D eigenvalue weighted by molar-refractivity contribution is 7.98. The smallest absolute Gasteiger partial charge is 0.180 e. The van der Waals surface area contributed by atoms with Gasteiger partial charge in [-0.15, -0.1) is 24.8 Å². The van der Waals surface area contributed by atoms with E-state index in [9.17, 15) is 0 Å². The van der Waals surface area contributed by atoms with Crippen LogP contribution in [0.3, 0.4) is 0 Å². The van der Waals surface area contributed by atoms with Gasteiger partial charge in [0.1, 0.15) is 6.26 Å². The Morgan fingerprint density at radius 1 is 1.46 bits per heavy atom. The second-order valence-corrected chi connectivity index (χ2v) is 3.28. The highest BCUT2D eigenvalue weighted by atomic mass is 35.5. The number of rotatable bonds is 5. The molecule has 6 heteroatoms. The molecule has 0 amide bonds. The van der Waals surface area contributed by atoms with E-state index in [2.05, 4.69) is 4.98 Å². The van der Waals surface area contributed by atoms with E-state index in [4.69, 9.17) is 10.2 Å². The first-order valence-electron chi connectivity index (χ1n) is 3.58. The molecule has 0 saturated carbocycles. The van der Waals surface area contributed by atoms with Crippen LogP contribution >= 0.6 is 36.6 Å². The van der Waals surface area contributed by atoms with E-state index in [1.807, 2.05) is 11.8 Å². The standard InChI is InChI=1S/C7H12N2OS.2ClH/c8-2-1-3-11-5-7-4-10-6-9-7;;/h4,6H,1-3,5,8H2;2*1H. The van der Waals surface area contributed by atoms with Gasteiger partial charge in [0.05, 0.1) is 5.69 Å². The molecule has 0 unspecified atom stereocenters. The Morgan fingerprint density at radius 3 is 2.77 bits per heavy atom. The summed E-state index contributed by atoms with van der Waals surface area (Å²) in [7, 11) is 0. The first-order valence-corrected chi connectivity index (χ1v) is 4.74. The fraction of sp³-hybridized carbons (Fsp3) is 0.571. The van der Waals surface area contributed by atoms with Crippen molar-refractivity contribution < 1.29 is 4.42 Å². The fourth-order valence-corrected chi connectivity index (χ4v) is 1.54. The summed E-state index contributed by atoms with van der Waals surface area (Å²) in [4.78, 5) is 4.00. The number of hydrogen-bond acceptors (Lipinski definition) is 4. The molecule has 0 bridgehead atoms. The van der Waals surface area contributed by atoms with Gasteiger partial charge in [0.2, 0.25) is 0 Å². The molecule has 0 radical (unpaired) electrons. The largest absolute Gasteiger partial charge is 0.451 e. The monoisotopic (exact) mass is 244 g/mol. The Balaban J connectivity index is 0. The van der Waals surface area contributed by atoms with Gasteiger partial charge in [-0.2, -0.15) is 11.8 Å². The van der Waals surface area contributed by atoms with Crippen LogP contribution in [-0.4, -0.2) is 17.3 Å². The highest BCUT2D eigenvalue weighted by Gasteiger charge is 1.94. The van der Waals surface area contributed by atoms with Crippen molar-refractivity contribution >= 4 is 36.6 Å². The van der Waals surface area contributed by atoms with Crippen LogP contribution in [0.25, 0.3) is 0 Å². The number of nitrogens with zero attached hydrogens (tertiary/aromatic N) is 1. The van der Waals surface area contributed by atoms with Crippen LogP contribution in [0.5, 0.6) is 0 Å². The normalized spacial score (nSPS) is 8.69. The van der Waals surface area contributed by atoms with Crippen LogP contribution in [0.2, 0.25) is 0 Å². The molecule has 1 rings (SSSR count). The third kappa shape index (κ3) is 7.19. The van der Waals surface area contributed by atoms with Crippen molar-refractivity contribution in [2.24, 2.45) is 5.73 Å². The molecule has 2 N–H and O–H groups in total. The van der Waals surface area contributed by atoms with Crippen LogP contribution < -0.4 is 5.73 Å². The molecule has 0 aliphatic carbocycles. The average Bonchev–Trinajstić information content (AvgIpc) is 2.50. The average molecular weight is 245 g/mol. The molecule has 0 aromatic carbocycles. The summed E-state index contributed by atoms with van der Waals surface area (Å²) in [5, 5.41) is 0. The van der Waals surface area contributed by atoms with E-state index in [1.165, 1.54) is 6.39 Å². The molecule has 0 spiro atoms. The summed E-state index contributed by atoms with van der Waals surface area (Å²) in [5.41, 5.74) is 6.35. The Morgan fingerprint density at radius 2 is 2.23 bits per heavy atom. The molecule has 3 nitrogen and oxygen atoms in total. The quantitative estimate of drug-likeness (QED) is 0.807. The van der Waals surface area contributed by atoms with E-state index in [0.717, 1.165) is 30.2 Å². The lowest BCUT2D eigenvalue weighted by atomic mass is 10.5. The van der Waals surface area contributed by atoms with Gasteiger partial charge < -0.3 is 10.2 Å².